The van der Waals surface area contributed by atoms with Gasteiger partial charge in [-0.05, 0) is 119 Å². The van der Waals surface area contributed by atoms with E-state index in [9.17, 15) is 57.8 Å². The Kier molecular flexibility index (Phi) is 37.5. The molecule has 0 spiro atoms. The average molecular weight is 1400 g/mol. The lowest BCUT2D eigenvalue weighted by molar-refractivity contribution is -0.159. The van der Waals surface area contributed by atoms with Crippen LogP contribution in [0.15, 0.2) is 66.7 Å². The number of aliphatic hydroxyl groups excluding tert-OH is 1. The first-order valence-electron chi connectivity index (χ1n) is 35.5. The van der Waals surface area contributed by atoms with Crippen LogP contribution in [0.5, 0.6) is 0 Å². The minimum Gasteiger partial charge on any atom is -0.458 e. The maximum Gasteiger partial charge on any atom is 0.409 e. The van der Waals surface area contributed by atoms with Gasteiger partial charge in [0.05, 0.1) is 56.4 Å². The lowest BCUT2D eigenvalue weighted by atomic mass is 9.84. The lowest BCUT2D eigenvalue weighted by Crippen LogP contribution is -2.54. The summed E-state index contributed by atoms with van der Waals surface area (Å²) in [6.07, 6.45) is 6.37. The second kappa shape index (κ2) is 43.3. The van der Waals surface area contributed by atoms with Crippen LogP contribution in [0, 0.1) is 41.4 Å². The van der Waals surface area contributed by atoms with E-state index in [0.29, 0.717) is 75.8 Å². The highest BCUT2D eigenvalue weighted by Crippen LogP contribution is 2.32. The highest BCUT2D eigenvalue weighted by Gasteiger charge is 2.43. The van der Waals surface area contributed by atoms with Gasteiger partial charge >= 0.3 is 18.1 Å². The number of esters is 1. The molecule has 9 amide bonds. The van der Waals surface area contributed by atoms with Crippen molar-refractivity contribution < 1.29 is 76.8 Å². The number of hydrogen-bond donors (Lipinski definition) is 6. The van der Waals surface area contributed by atoms with E-state index in [1.54, 1.807) is 73.2 Å². The van der Waals surface area contributed by atoms with Crippen LogP contribution >= 0.6 is 0 Å². The number of rotatable bonds is 41. The lowest BCUT2D eigenvalue weighted by Gasteiger charge is -2.41. The van der Waals surface area contributed by atoms with Gasteiger partial charge in [0, 0.05) is 103 Å². The molecule has 1 saturated heterocycles. The normalized spacial score (nSPS) is 16.9. The number of aliphatic hydroxyl groups is 1. The zero-order valence-corrected chi connectivity index (χ0v) is 62.6. The molecule has 2 aliphatic rings. The van der Waals surface area contributed by atoms with Crippen LogP contribution < -0.4 is 27.0 Å². The second-order valence-corrected chi connectivity index (χ2v) is 28.7. The van der Waals surface area contributed by atoms with Gasteiger partial charge in [-0.25, -0.2) is 14.4 Å². The first-order chi connectivity index (χ1) is 47.1. The first-order valence-corrected chi connectivity index (χ1v) is 35.5. The Labute approximate surface area is 593 Å². The van der Waals surface area contributed by atoms with E-state index in [-0.39, 0.29) is 128 Å². The van der Waals surface area contributed by atoms with E-state index in [0.717, 1.165) is 23.3 Å². The Balaban J connectivity index is 0.000000555. The maximum absolute atomic E-state index is 14.4. The average Bonchev–Trinajstić information content (AvgIpc) is 1.43. The van der Waals surface area contributed by atoms with Crippen molar-refractivity contribution in [1.29, 1.82) is 0 Å². The van der Waals surface area contributed by atoms with Gasteiger partial charge in [0.25, 0.3) is 11.8 Å². The number of imide groups is 1. The molecule has 0 bridgehead atoms. The number of nitrogens with one attached hydrogen (secondary N) is 4. The quantitative estimate of drug-likeness (QED) is 0.0208. The number of benzene rings is 2. The molecule has 0 radical (unpaired) electrons. The van der Waals surface area contributed by atoms with Gasteiger partial charge in [-0.3, -0.25) is 43.3 Å². The van der Waals surface area contributed by atoms with Crippen LogP contribution in [0.4, 0.5) is 15.3 Å². The van der Waals surface area contributed by atoms with E-state index in [2.05, 4.69) is 53.9 Å². The molecule has 4 rings (SSSR count). The van der Waals surface area contributed by atoms with Crippen molar-refractivity contribution in [3.63, 3.8) is 0 Å². The van der Waals surface area contributed by atoms with Crippen LogP contribution in [0.3, 0.4) is 0 Å². The van der Waals surface area contributed by atoms with Crippen LogP contribution in [0.2, 0.25) is 0 Å². The van der Waals surface area contributed by atoms with Crippen molar-refractivity contribution in [2.75, 3.05) is 66.9 Å². The topological polar surface area (TPSA) is 332 Å². The highest BCUT2D eigenvalue weighted by atomic mass is 16.6. The number of amides is 9. The van der Waals surface area contributed by atoms with Crippen molar-refractivity contribution in [2.24, 2.45) is 47.2 Å². The Bertz CT molecular complexity index is 2970. The third-order valence-electron chi connectivity index (χ3n) is 18.8. The predicted molar refractivity (Wildman–Crippen MR) is 383 cm³/mol. The van der Waals surface area contributed by atoms with Gasteiger partial charge in [0.1, 0.15) is 11.6 Å². The predicted octanol–water partition coefficient (Wildman–Crippen LogP) is 8.17. The largest absolute Gasteiger partial charge is 0.458 e. The molecule has 2 aromatic carbocycles. The number of methoxy groups -OCH3 is 3. The number of urea groups is 1. The Morgan fingerprint density at radius 2 is 1.38 bits per heavy atom. The molecule has 100 heavy (non-hydrogen) atoms. The van der Waals surface area contributed by atoms with Gasteiger partial charge in [-0.2, -0.15) is 0 Å². The molecule has 25 nitrogen and oxygen atoms in total. The van der Waals surface area contributed by atoms with Gasteiger partial charge in [-0.1, -0.05) is 118 Å². The number of ketones is 2. The summed E-state index contributed by atoms with van der Waals surface area (Å²) in [5.74, 6) is -3.93. The molecule has 0 aliphatic carbocycles. The van der Waals surface area contributed by atoms with Crippen molar-refractivity contribution in [1.82, 2.24) is 35.6 Å². The number of primary amides is 1. The standard InChI is InChI=1S/C46H78N4O9.C29H41N5O7/c1-16-31(6)41(48(11)28-34(29(2)3)26-37(51)40(30(4)5)49(12)45(55)58-15)38(56-13)27-39(52)50-24-20-23-36(50)42(57-14)32(7)43(53)47-35(44(54)59-46(8,9)10)25-33-21-18-17-19-22-33;1-19(2)27(33-24(37)8-4-3-5-16-34-25(38)13-14-26(34)39)23(36)17-21(7-6-15-31-29(30)41)28(40)32-22-11-9-20(18-35)10-12-22/h17-19,21-22,29-32,34-36,38,40-42H,16,20,23-28H2,1-15H3,(H,47,53);9-14,19,21,27,35H,3-8,15-18H2,1-2H3,(H,32,40)(H,33,37)(H3,30,31,41)/t31-,32+,34+,35-,36-,38+,40-,41-,42+;21-,27+/m01/s1. The number of ether oxygens (including phenoxy) is 4. The molecular formula is C75H119N9O16. The number of nitrogens with zero attached hydrogens (tertiary/aromatic N) is 4. The number of anilines is 1. The fourth-order valence-electron chi connectivity index (χ4n) is 13.1. The molecule has 11 atom stereocenters. The maximum atomic E-state index is 14.4. The third-order valence-corrected chi connectivity index (χ3v) is 18.8. The molecule has 0 saturated carbocycles. The molecule has 1 fully saturated rings. The Hall–Kier alpha value is -7.61. The summed E-state index contributed by atoms with van der Waals surface area (Å²) in [4.78, 5) is 148. The number of unbranched alkanes of at least 4 members (excludes halogenated alkanes) is 2. The van der Waals surface area contributed by atoms with Crippen molar-refractivity contribution >= 4 is 70.8 Å². The number of carbonyl (C=O) groups is 11. The summed E-state index contributed by atoms with van der Waals surface area (Å²) >= 11 is 0. The second-order valence-electron chi connectivity index (χ2n) is 28.7. The number of nitrogens with two attached hydrogens (primary N) is 1. The molecule has 25 heteroatoms. The fraction of sp³-hybridized carbons (Fsp3) is 0.667. The van der Waals surface area contributed by atoms with Gasteiger partial charge in [-0.15, -0.1) is 0 Å². The number of Topliss-reactive ketones (excluding diaryl/α,β-unsaturated/α-hetero) is 2. The minimum absolute atomic E-state index is 0.00852. The van der Waals surface area contributed by atoms with E-state index in [4.69, 9.17) is 24.7 Å². The zero-order valence-electron chi connectivity index (χ0n) is 62.6. The molecule has 2 aliphatic heterocycles. The van der Waals surface area contributed by atoms with Crippen molar-refractivity contribution in [3.8, 4) is 0 Å². The van der Waals surface area contributed by atoms with Crippen molar-refractivity contribution in [3.05, 3.63) is 77.9 Å². The molecule has 0 unspecified atom stereocenters. The summed E-state index contributed by atoms with van der Waals surface area (Å²) in [5.41, 5.74) is 6.47. The smallest absolute Gasteiger partial charge is 0.409 e. The summed E-state index contributed by atoms with van der Waals surface area (Å²) in [5, 5.41) is 20.3. The monoisotopic (exact) mass is 1400 g/mol. The molecular weight excluding hydrogens is 1280 g/mol. The fourth-order valence-corrected chi connectivity index (χ4v) is 13.1. The number of likely N-dealkylation sites (tertiary alicyclic amines) is 1. The number of carbonyl (C=O) groups excluding carboxylic acids is 11. The zero-order chi connectivity index (χ0) is 75.1. The Morgan fingerprint density at radius 1 is 0.740 bits per heavy atom. The van der Waals surface area contributed by atoms with E-state index >= 15 is 0 Å². The van der Waals surface area contributed by atoms with Crippen molar-refractivity contribution in [2.45, 2.75) is 221 Å². The SMILES string of the molecule is CC(C)[C@H](NC(=O)CCCCCN1C(=O)C=CC1=O)C(=O)C[C@@H](CCCNC(N)=O)C(=O)Nc1ccc(CO)cc1.CC[C@H](C)[C@@H]([C@@H](CC(=O)N1CCC[C@H]1[C@H](OC)[C@@H](C)C(=O)N[C@@H](Cc1ccccc1)C(=O)OC(C)(C)C)OC)N(C)C[C@@H](CC(=O)[C@H](C(C)C)N(C)C(=O)OC)C(C)C. The third kappa shape index (κ3) is 28.4. The van der Waals surface area contributed by atoms with E-state index in [1.807, 2.05) is 70.0 Å². The van der Waals surface area contributed by atoms with E-state index in [1.165, 1.54) is 24.2 Å². The summed E-state index contributed by atoms with van der Waals surface area (Å²) in [6.45, 7) is 24.7. The first kappa shape index (κ1) is 86.6. The van der Waals surface area contributed by atoms with Gasteiger partial charge < -0.3 is 65.8 Å². The van der Waals surface area contributed by atoms with Gasteiger partial charge in [0.15, 0.2) is 11.6 Å². The van der Waals surface area contributed by atoms with Crippen LogP contribution in [-0.4, -0.2) is 199 Å². The molecule has 0 aromatic heterocycles. The number of hydrogen-bond acceptors (Lipinski definition) is 17. The molecule has 2 aromatic rings. The van der Waals surface area contributed by atoms with Crippen LogP contribution in [0.25, 0.3) is 0 Å². The summed E-state index contributed by atoms with van der Waals surface area (Å²) < 4.78 is 22.8. The Morgan fingerprint density at radius 3 is 1.92 bits per heavy atom. The number of likely N-dealkylation sites (N-methyl/N-ethyl adjacent to an activating group) is 2. The minimum atomic E-state index is -0.909. The van der Waals surface area contributed by atoms with Crippen LogP contribution in [0.1, 0.15) is 171 Å². The highest BCUT2D eigenvalue weighted by molar-refractivity contribution is 6.12. The molecule has 7 N–H and O–H groups in total. The summed E-state index contributed by atoms with van der Waals surface area (Å²) in [6, 6.07) is 12.7. The molecule has 2 heterocycles. The van der Waals surface area contributed by atoms with E-state index < -0.39 is 65.9 Å². The molecule has 560 valence electrons. The van der Waals surface area contributed by atoms with Crippen LogP contribution in [-0.2, 0) is 75.1 Å². The van der Waals surface area contributed by atoms with Gasteiger partial charge in [0.2, 0.25) is 23.6 Å². The summed E-state index contributed by atoms with van der Waals surface area (Å²) in [7, 11) is 8.16.